The molecule has 4 heteroatoms. The van der Waals surface area contributed by atoms with Gasteiger partial charge in [0.25, 0.3) is 0 Å². The first kappa shape index (κ1) is 13.6. The van der Waals surface area contributed by atoms with Gasteiger partial charge in [-0.25, -0.2) is 4.98 Å². The predicted molar refractivity (Wildman–Crippen MR) is 79.8 cm³/mol. The van der Waals surface area contributed by atoms with Crippen LogP contribution in [-0.2, 0) is 12.1 Å². The van der Waals surface area contributed by atoms with Crippen LogP contribution in [0.25, 0.3) is 11.0 Å². The molecule has 1 aromatic carbocycles. The highest BCUT2D eigenvalue weighted by Gasteiger charge is 2.26. The Labute approximate surface area is 117 Å². The number of imidazole rings is 1. The van der Waals surface area contributed by atoms with Crippen LogP contribution in [0.1, 0.15) is 33.5 Å². The zero-order valence-electron chi connectivity index (χ0n) is 11.4. The minimum Gasteiger partial charge on any atom is -0.327 e. The molecule has 0 unspecified atom stereocenters. The van der Waals surface area contributed by atoms with E-state index in [-0.39, 0.29) is 5.54 Å². The molecule has 0 atom stereocenters. The van der Waals surface area contributed by atoms with E-state index in [1.807, 2.05) is 0 Å². The standard InChI is InChI=1S/C14H20BrN3/c1-5-16-14(3,4)13-17-11-9-10(15)7-8-12(11)18(13)6-2/h7-9,16H,5-6H2,1-4H3. The summed E-state index contributed by atoms with van der Waals surface area (Å²) in [6.07, 6.45) is 0. The largest absolute Gasteiger partial charge is 0.327 e. The third-order valence-electron chi connectivity index (χ3n) is 3.20. The van der Waals surface area contributed by atoms with Crippen LogP contribution in [0, 0.1) is 0 Å². The number of hydrogen-bond donors (Lipinski definition) is 1. The predicted octanol–water partition coefficient (Wildman–Crippen LogP) is 3.66. The lowest BCUT2D eigenvalue weighted by molar-refractivity contribution is 0.377. The average Bonchev–Trinajstić information content (AvgIpc) is 2.67. The van der Waals surface area contributed by atoms with Crippen LogP contribution in [0.15, 0.2) is 22.7 Å². The first-order valence-corrected chi connectivity index (χ1v) is 7.20. The zero-order valence-corrected chi connectivity index (χ0v) is 13.0. The maximum Gasteiger partial charge on any atom is 0.129 e. The molecule has 2 aromatic rings. The SMILES string of the molecule is CCNC(C)(C)c1nc2cc(Br)ccc2n1CC. The van der Waals surface area contributed by atoms with E-state index in [4.69, 9.17) is 4.98 Å². The Morgan fingerprint density at radius 2 is 2.06 bits per heavy atom. The van der Waals surface area contributed by atoms with Crippen LogP contribution < -0.4 is 5.32 Å². The van der Waals surface area contributed by atoms with Gasteiger partial charge in [0.1, 0.15) is 5.82 Å². The number of aryl methyl sites for hydroxylation is 1. The monoisotopic (exact) mass is 309 g/mol. The lowest BCUT2D eigenvalue weighted by Gasteiger charge is -2.25. The van der Waals surface area contributed by atoms with E-state index in [0.717, 1.165) is 28.9 Å². The zero-order chi connectivity index (χ0) is 13.3. The van der Waals surface area contributed by atoms with E-state index in [9.17, 15) is 0 Å². The highest BCUT2D eigenvalue weighted by atomic mass is 79.9. The lowest BCUT2D eigenvalue weighted by atomic mass is 10.0. The molecule has 0 amide bonds. The van der Waals surface area contributed by atoms with Crippen molar-refractivity contribution in [3.63, 3.8) is 0 Å². The normalized spacial score (nSPS) is 12.3. The number of hydrogen-bond acceptors (Lipinski definition) is 2. The van der Waals surface area contributed by atoms with E-state index in [0.29, 0.717) is 0 Å². The van der Waals surface area contributed by atoms with Crippen molar-refractivity contribution in [3.8, 4) is 0 Å². The first-order chi connectivity index (χ1) is 8.49. The summed E-state index contributed by atoms with van der Waals surface area (Å²) >= 11 is 3.50. The van der Waals surface area contributed by atoms with Gasteiger partial charge in [-0.2, -0.15) is 0 Å². The second-order valence-corrected chi connectivity index (χ2v) is 5.88. The van der Waals surface area contributed by atoms with Crippen LogP contribution in [-0.4, -0.2) is 16.1 Å². The molecule has 0 aliphatic carbocycles. The van der Waals surface area contributed by atoms with E-state index in [1.54, 1.807) is 0 Å². The molecule has 2 rings (SSSR count). The van der Waals surface area contributed by atoms with E-state index < -0.39 is 0 Å². The van der Waals surface area contributed by atoms with Crippen LogP contribution in [0.3, 0.4) is 0 Å². The quantitative estimate of drug-likeness (QED) is 0.934. The molecule has 0 saturated heterocycles. The summed E-state index contributed by atoms with van der Waals surface area (Å²) in [5.41, 5.74) is 2.13. The fourth-order valence-corrected chi connectivity index (χ4v) is 2.77. The van der Waals surface area contributed by atoms with Crippen molar-refractivity contribution in [3.05, 3.63) is 28.5 Å². The highest BCUT2D eigenvalue weighted by molar-refractivity contribution is 9.10. The number of rotatable bonds is 4. The molecule has 0 fully saturated rings. The summed E-state index contributed by atoms with van der Waals surface area (Å²) in [7, 11) is 0. The summed E-state index contributed by atoms with van der Waals surface area (Å²) in [6.45, 7) is 10.5. The molecule has 1 N–H and O–H groups in total. The molecule has 0 spiro atoms. The third-order valence-corrected chi connectivity index (χ3v) is 3.70. The Morgan fingerprint density at radius 3 is 2.67 bits per heavy atom. The summed E-state index contributed by atoms with van der Waals surface area (Å²) < 4.78 is 3.35. The van der Waals surface area contributed by atoms with Gasteiger partial charge in [0.2, 0.25) is 0 Å². The molecule has 1 heterocycles. The van der Waals surface area contributed by atoms with Gasteiger partial charge >= 0.3 is 0 Å². The van der Waals surface area contributed by atoms with Crippen LogP contribution >= 0.6 is 15.9 Å². The molecule has 1 aromatic heterocycles. The smallest absolute Gasteiger partial charge is 0.129 e. The molecule has 3 nitrogen and oxygen atoms in total. The number of benzene rings is 1. The Balaban J connectivity index is 2.63. The Hall–Kier alpha value is -0.870. The second kappa shape index (κ2) is 5.02. The van der Waals surface area contributed by atoms with Crippen molar-refractivity contribution in [1.29, 1.82) is 0 Å². The minimum absolute atomic E-state index is 0.115. The van der Waals surface area contributed by atoms with Gasteiger partial charge < -0.3 is 9.88 Å². The number of nitrogens with zero attached hydrogens (tertiary/aromatic N) is 2. The summed E-state index contributed by atoms with van der Waals surface area (Å²) in [5.74, 6) is 1.10. The van der Waals surface area contributed by atoms with Crippen molar-refractivity contribution in [1.82, 2.24) is 14.9 Å². The van der Waals surface area contributed by atoms with Gasteiger partial charge in [-0.3, -0.25) is 0 Å². The van der Waals surface area contributed by atoms with Gasteiger partial charge in [0, 0.05) is 11.0 Å². The fourth-order valence-electron chi connectivity index (χ4n) is 2.42. The summed E-state index contributed by atoms with van der Waals surface area (Å²) in [6, 6.07) is 6.27. The van der Waals surface area contributed by atoms with Crippen LogP contribution in [0.5, 0.6) is 0 Å². The number of fused-ring (bicyclic) bond motifs is 1. The van der Waals surface area contributed by atoms with Crippen molar-refractivity contribution in [2.24, 2.45) is 0 Å². The number of nitrogens with one attached hydrogen (secondary N) is 1. The van der Waals surface area contributed by atoms with Gasteiger partial charge in [0.05, 0.1) is 16.6 Å². The number of halogens is 1. The minimum atomic E-state index is -0.115. The Morgan fingerprint density at radius 1 is 1.33 bits per heavy atom. The molecule has 0 bridgehead atoms. The van der Waals surface area contributed by atoms with Gasteiger partial charge in [-0.05, 0) is 45.5 Å². The van der Waals surface area contributed by atoms with Crippen molar-refractivity contribution in [2.45, 2.75) is 39.8 Å². The summed E-state index contributed by atoms with van der Waals surface area (Å²) in [5, 5.41) is 3.49. The average molecular weight is 310 g/mol. The van der Waals surface area contributed by atoms with E-state index in [2.05, 4.69) is 71.7 Å². The second-order valence-electron chi connectivity index (χ2n) is 4.97. The topological polar surface area (TPSA) is 29.9 Å². The molecule has 0 aliphatic rings. The Bertz CT molecular complexity index is 557. The fraction of sp³-hybridized carbons (Fsp3) is 0.500. The third kappa shape index (κ3) is 2.31. The summed E-state index contributed by atoms with van der Waals surface area (Å²) in [4.78, 5) is 4.81. The van der Waals surface area contributed by atoms with Crippen molar-refractivity contribution >= 4 is 27.0 Å². The molecule has 0 aliphatic heterocycles. The van der Waals surface area contributed by atoms with Gasteiger partial charge in [-0.15, -0.1) is 0 Å². The molecule has 0 saturated carbocycles. The van der Waals surface area contributed by atoms with E-state index in [1.165, 1.54) is 5.52 Å². The molecule has 98 valence electrons. The molecular weight excluding hydrogens is 290 g/mol. The van der Waals surface area contributed by atoms with Crippen molar-refractivity contribution < 1.29 is 0 Å². The van der Waals surface area contributed by atoms with E-state index >= 15 is 0 Å². The highest BCUT2D eigenvalue weighted by Crippen LogP contribution is 2.26. The van der Waals surface area contributed by atoms with Gasteiger partial charge in [0.15, 0.2) is 0 Å². The van der Waals surface area contributed by atoms with Crippen molar-refractivity contribution in [2.75, 3.05) is 6.54 Å². The lowest BCUT2D eigenvalue weighted by Crippen LogP contribution is -2.38. The first-order valence-electron chi connectivity index (χ1n) is 6.41. The molecular formula is C14H20BrN3. The maximum atomic E-state index is 4.81. The molecule has 0 radical (unpaired) electrons. The maximum absolute atomic E-state index is 4.81. The Kier molecular flexibility index (Phi) is 3.78. The van der Waals surface area contributed by atoms with Gasteiger partial charge in [-0.1, -0.05) is 22.9 Å². The van der Waals surface area contributed by atoms with Crippen LogP contribution in [0.2, 0.25) is 0 Å². The number of aromatic nitrogens is 2. The molecule has 18 heavy (non-hydrogen) atoms. The van der Waals surface area contributed by atoms with Crippen LogP contribution in [0.4, 0.5) is 0 Å².